The summed E-state index contributed by atoms with van der Waals surface area (Å²) in [6.45, 7) is 9.69. The second kappa shape index (κ2) is 5.43. The van der Waals surface area contributed by atoms with Gasteiger partial charge in [-0.05, 0) is 31.2 Å². The molecule has 0 unspecified atom stereocenters. The molecule has 1 aromatic rings. The second-order valence-corrected chi connectivity index (χ2v) is 3.66. The summed E-state index contributed by atoms with van der Waals surface area (Å²) in [4.78, 5) is 0. The highest BCUT2D eigenvalue weighted by molar-refractivity contribution is 5.25. The molecular weight excluding hydrogens is 168 g/mol. The van der Waals surface area contributed by atoms with Crippen molar-refractivity contribution >= 4 is 0 Å². The molecule has 0 spiro atoms. The van der Waals surface area contributed by atoms with Crippen LogP contribution in [0.15, 0.2) is 49.6 Å². The number of aryl methyl sites for hydroxylation is 1. The number of hydrogen-bond donors (Lipinski definition) is 0. The lowest BCUT2D eigenvalue weighted by molar-refractivity contribution is 0.713. The van der Waals surface area contributed by atoms with Crippen molar-refractivity contribution in [3.05, 3.63) is 60.7 Å². The Bertz CT molecular complexity index is 282. The molecule has 0 nitrogen and oxygen atoms in total. The zero-order chi connectivity index (χ0) is 10.4. The summed E-state index contributed by atoms with van der Waals surface area (Å²) in [5, 5.41) is 0. The van der Waals surface area contributed by atoms with Crippen molar-refractivity contribution in [3.8, 4) is 0 Å². The van der Waals surface area contributed by atoms with Gasteiger partial charge in [0.25, 0.3) is 0 Å². The van der Waals surface area contributed by atoms with Gasteiger partial charge in [0.2, 0.25) is 0 Å². The van der Waals surface area contributed by atoms with Crippen LogP contribution >= 0.6 is 0 Å². The van der Waals surface area contributed by atoms with Gasteiger partial charge in [0.05, 0.1) is 0 Å². The average molecular weight is 186 g/mol. The largest absolute Gasteiger partial charge is 0.103 e. The molecule has 0 bridgehead atoms. The SMILES string of the molecule is C=CCC(CC=C)c1ccc(C)cc1. The lowest BCUT2D eigenvalue weighted by Crippen LogP contribution is -1.95. The first-order chi connectivity index (χ1) is 6.77. The van der Waals surface area contributed by atoms with E-state index in [9.17, 15) is 0 Å². The monoisotopic (exact) mass is 186 g/mol. The molecule has 1 rings (SSSR count). The fourth-order valence-electron chi connectivity index (χ4n) is 1.61. The van der Waals surface area contributed by atoms with Crippen molar-refractivity contribution in [1.82, 2.24) is 0 Å². The van der Waals surface area contributed by atoms with Gasteiger partial charge in [-0.15, -0.1) is 13.2 Å². The first-order valence-electron chi connectivity index (χ1n) is 5.06. The molecule has 0 fully saturated rings. The maximum Gasteiger partial charge on any atom is -0.00930 e. The standard InChI is InChI=1S/C14H18/c1-4-6-13(7-5-2)14-10-8-12(3)9-11-14/h4-5,8-11,13H,1-2,6-7H2,3H3. The summed E-state index contributed by atoms with van der Waals surface area (Å²) >= 11 is 0. The molecule has 0 aliphatic carbocycles. The zero-order valence-corrected chi connectivity index (χ0v) is 8.87. The molecule has 0 radical (unpaired) electrons. The van der Waals surface area contributed by atoms with E-state index in [1.54, 1.807) is 0 Å². The molecule has 0 saturated heterocycles. The molecule has 14 heavy (non-hydrogen) atoms. The van der Waals surface area contributed by atoms with Gasteiger partial charge in [0.15, 0.2) is 0 Å². The van der Waals surface area contributed by atoms with E-state index in [-0.39, 0.29) is 0 Å². The average Bonchev–Trinajstić information content (AvgIpc) is 2.19. The molecule has 74 valence electrons. The van der Waals surface area contributed by atoms with Gasteiger partial charge in [0.1, 0.15) is 0 Å². The Morgan fingerprint density at radius 1 is 1.07 bits per heavy atom. The Kier molecular flexibility index (Phi) is 4.18. The third-order valence-corrected chi connectivity index (χ3v) is 2.45. The molecule has 1 aromatic carbocycles. The first kappa shape index (κ1) is 10.8. The first-order valence-corrected chi connectivity index (χ1v) is 5.06. The summed E-state index contributed by atoms with van der Waals surface area (Å²) < 4.78 is 0. The van der Waals surface area contributed by atoms with Crippen LogP contribution in [0.2, 0.25) is 0 Å². The minimum Gasteiger partial charge on any atom is -0.103 e. The fraction of sp³-hybridized carbons (Fsp3) is 0.286. The van der Waals surface area contributed by atoms with E-state index in [4.69, 9.17) is 0 Å². The third-order valence-electron chi connectivity index (χ3n) is 2.45. The molecule has 0 aliphatic heterocycles. The van der Waals surface area contributed by atoms with Crippen LogP contribution in [-0.4, -0.2) is 0 Å². The smallest absolute Gasteiger partial charge is 0.00930 e. The van der Waals surface area contributed by atoms with E-state index in [0.717, 1.165) is 12.8 Å². The van der Waals surface area contributed by atoms with E-state index in [1.807, 2.05) is 12.2 Å². The Morgan fingerprint density at radius 3 is 2.00 bits per heavy atom. The highest BCUT2D eigenvalue weighted by Gasteiger charge is 2.06. The van der Waals surface area contributed by atoms with Crippen LogP contribution in [0.3, 0.4) is 0 Å². The van der Waals surface area contributed by atoms with Crippen LogP contribution in [0.25, 0.3) is 0 Å². The van der Waals surface area contributed by atoms with Crippen molar-refractivity contribution < 1.29 is 0 Å². The highest BCUT2D eigenvalue weighted by atomic mass is 14.1. The van der Waals surface area contributed by atoms with Crippen LogP contribution in [0.5, 0.6) is 0 Å². The Hall–Kier alpha value is -1.30. The summed E-state index contributed by atoms with van der Waals surface area (Å²) in [6.07, 6.45) is 6.01. The topological polar surface area (TPSA) is 0 Å². The molecular formula is C14H18. The summed E-state index contributed by atoms with van der Waals surface area (Å²) in [6, 6.07) is 8.73. The summed E-state index contributed by atoms with van der Waals surface area (Å²) in [5.74, 6) is 0.547. The number of rotatable bonds is 5. The Morgan fingerprint density at radius 2 is 1.57 bits per heavy atom. The number of hydrogen-bond acceptors (Lipinski definition) is 0. The number of allylic oxidation sites excluding steroid dienone is 2. The van der Waals surface area contributed by atoms with Crippen molar-refractivity contribution in [1.29, 1.82) is 0 Å². The van der Waals surface area contributed by atoms with E-state index in [0.29, 0.717) is 5.92 Å². The maximum atomic E-state index is 3.79. The molecule has 0 atom stereocenters. The molecule has 0 saturated carbocycles. The van der Waals surface area contributed by atoms with Gasteiger partial charge in [-0.3, -0.25) is 0 Å². The van der Waals surface area contributed by atoms with Crippen LogP contribution in [0.4, 0.5) is 0 Å². The lowest BCUT2D eigenvalue weighted by Gasteiger charge is -2.13. The number of benzene rings is 1. The third kappa shape index (κ3) is 2.88. The summed E-state index contributed by atoms with van der Waals surface area (Å²) in [5.41, 5.74) is 2.69. The predicted molar refractivity (Wildman–Crippen MR) is 63.5 cm³/mol. The van der Waals surface area contributed by atoms with Crippen molar-refractivity contribution in [2.75, 3.05) is 0 Å². The summed E-state index contributed by atoms with van der Waals surface area (Å²) in [7, 11) is 0. The van der Waals surface area contributed by atoms with E-state index >= 15 is 0 Å². The molecule has 0 aliphatic rings. The van der Waals surface area contributed by atoms with Crippen molar-refractivity contribution in [3.63, 3.8) is 0 Å². The maximum absolute atomic E-state index is 3.79. The fourth-order valence-corrected chi connectivity index (χ4v) is 1.61. The van der Waals surface area contributed by atoms with Crippen LogP contribution in [-0.2, 0) is 0 Å². The van der Waals surface area contributed by atoms with Gasteiger partial charge in [-0.1, -0.05) is 42.0 Å². The van der Waals surface area contributed by atoms with Gasteiger partial charge in [-0.2, -0.15) is 0 Å². The van der Waals surface area contributed by atoms with Crippen LogP contribution < -0.4 is 0 Å². The second-order valence-electron chi connectivity index (χ2n) is 3.66. The van der Waals surface area contributed by atoms with E-state index in [1.165, 1.54) is 11.1 Å². The molecule has 0 heteroatoms. The van der Waals surface area contributed by atoms with E-state index in [2.05, 4.69) is 44.3 Å². The minimum atomic E-state index is 0.547. The lowest BCUT2D eigenvalue weighted by atomic mass is 9.92. The van der Waals surface area contributed by atoms with Crippen LogP contribution in [0, 0.1) is 6.92 Å². The predicted octanol–water partition coefficient (Wildman–Crippen LogP) is 4.23. The minimum absolute atomic E-state index is 0.547. The zero-order valence-electron chi connectivity index (χ0n) is 8.87. The van der Waals surface area contributed by atoms with E-state index < -0.39 is 0 Å². The van der Waals surface area contributed by atoms with Gasteiger partial charge >= 0.3 is 0 Å². The molecule has 0 amide bonds. The van der Waals surface area contributed by atoms with Gasteiger partial charge < -0.3 is 0 Å². The highest BCUT2D eigenvalue weighted by Crippen LogP contribution is 2.24. The van der Waals surface area contributed by atoms with Crippen molar-refractivity contribution in [2.24, 2.45) is 0 Å². The Balaban J connectivity index is 2.80. The molecule has 0 aromatic heterocycles. The molecule has 0 heterocycles. The van der Waals surface area contributed by atoms with Crippen LogP contribution in [0.1, 0.15) is 29.9 Å². The van der Waals surface area contributed by atoms with Gasteiger partial charge in [-0.25, -0.2) is 0 Å². The Labute approximate surface area is 87.0 Å². The van der Waals surface area contributed by atoms with Gasteiger partial charge in [0, 0.05) is 0 Å². The van der Waals surface area contributed by atoms with Crippen molar-refractivity contribution in [2.45, 2.75) is 25.7 Å². The normalized spacial score (nSPS) is 10.1. The molecule has 0 N–H and O–H groups in total. The quantitative estimate of drug-likeness (QED) is 0.604.